The summed E-state index contributed by atoms with van der Waals surface area (Å²) in [7, 11) is -3.21. The van der Waals surface area contributed by atoms with Crippen LogP contribution in [0.25, 0.3) is 0 Å². The van der Waals surface area contributed by atoms with E-state index < -0.39 is 15.6 Å². The fourth-order valence-corrected chi connectivity index (χ4v) is 2.73. The molecular weight excluding hydrogens is 258 g/mol. The number of hydrogen-bond acceptors (Lipinski definition) is 3. The van der Waals surface area contributed by atoms with Gasteiger partial charge in [0, 0.05) is 6.61 Å². The van der Waals surface area contributed by atoms with Crippen molar-refractivity contribution in [2.24, 2.45) is 0 Å². The van der Waals surface area contributed by atoms with Crippen molar-refractivity contribution in [2.45, 2.75) is 31.9 Å². The van der Waals surface area contributed by atoms with E-state index in [-0.39, 0.29) is 10.8 Å². The van der Waals surface area contributed by atoms with Crippen LogP contribution in [0.2, 0.25) is 0 Å². The monoisotopic (exact) mass is 271 g/mol. The van der Waals surface area contributed by atoms with Crippen molar-refractivity contribution in [3.8, 4) is 0 Å². The zero-order valence-electron chi connectivity index (χ0n) is 7.71. The molecule has 1 aliphatic heterocycles. The molecule has 13 heavy (non-hydrogen) atoms. The van der Waals surface area contributed by atoms with Gasteiger partial charge >= 0.3 is 0 Å². The van der Waals surface area contributed by atoms with Gasteiger partial charge in [-0.05, 0) is 20.3 Å². The van der Waals surface area contributed by atoms with Crippen molar-refractivity contribution < 1.29 is 13.2 Å². The first-order chi connectivity index (χ1) is 5.90. The minimum Gasteiger partial charge on any atom is -0.376 e. The van der Waals surface area contributed by atoms with E-state index in [0.717, 1.165) is 6.42 Å². The maximum absolute atomic E-state index is 11.3. The van der Waals surface area contributed by atoms with Crippen LogP contribution in [0.3, 0.4) is 0 Å². The fraction of sp³-hybridized carbons (Fsp3) is 1.00. The van der Waals surface area contributed by atoms with E-state index in [4.69, 9.17) is 4.74 Å². The molecule has 6 heteroatoms. The van der Waals surface area contributed by atoms with Crippen LogP contribution in [0.1, 0.15) is 20.3 Å². The Labute approximate surface area is 87.2 Å². The number of rotatable bonds is 3. The molecule has 4 nitrogen and oxygen atoms in total. The third kappa shape index (κ3) is 2.65. The number of ether oxygens (including phenoxy) is 1. The van der Waals surface area contributed by atoms with Crippen LogP contribution in [-0.4, -0.2) is 31.3 Å². The number of alkyl halides is 1. The topological polar surface area (TPSA) is 55.4 Å². The summed E-state index contributed by atoms with van der Waals surface area (Å²) in [6, 6.07) is 0. The molecule has 0 bridgehead atoms. The van der Waals surface area contributed by atoms with Crippen LogP contribution < -0.4 is 4.72 Å². The summed E-state index contributed by atoms with van der Waals surface area (Å²) in [5.74, 6) is 0. The van der Waals surface area contributed by atoms with Crippen LogP contribution in [0.4, 0.5) is 0 Å². The highest BCUT2D eigenvalue weighted by Gasteiger charge is 2.39. The Morgan fingerprint density at radius 2 is 2.31 bits per heavy atom. The molecule has 0 aromatic rings. The van der Waals surface area contributed by atoms with Crippen molar-refractivity contribution in [3.05, 3.63) is 0 Å². The van der Waals surface area contributed by atoms with Gasteiger partial charge in [-0.15, -0.1) is 0 Å². The maximum atomic E-state index is 11.3. The third-order valence-electron chi connectivity index (χ3n) is 2.42. The Morgan fingerprint density at radius 3 is 2.69 bits per heavy atom. The van der Waals surface area contributed by atoms with Gasteiger partial charge in [0.05, 0.1) is 11.6 Å². The second-order valence-corrected chi connectivity index (χ2v) is 6.53. The molecule has 2 atom stereocenters. The van der Waals surface area contributed by atoms with Gasteiger partial charge < -0.3 is 4.74 Å². The Bertz CT molecular complexity index is 279. The lowest BCUT2D eigenvalue weighted by atomic mass is 9.97. The van der Waals surface area contributed by atoms with E-state index in [2.05, 4.69) is 20.7 Å². The Kier molecular flexibility index (Phi) is 3.38. The molecule has 1 N–H and O–H groups in total. The predicted octanol–water partition coefficient (Wildman–Crippen LogP) is 0.826. The molecule has 0 aromatic heterocycles. The first-order valence-corrected chi connectivity index (χ1v) is 6.86. The molecule has 0 aliphatic carbocycles. The molecule has 0 aromatic carbocycles. The fourth-order valence-electron chi connectivity index (χ4n) is 1.35. The van der Waals surface area contributed by atoms with Gasteiger partial charge in [-0.3, -0.25) is 0 Å². The van der Waals surface area contributed by atoms with Crippen LogP contribution in [0.15, 0.2) is 0 Å². The van der Waals surface area contributed by atoms with E-state index >= 15 is 0 Å². The third-order valence-corrected chi connectivity index (χ3v) is 5.29. The van der Waals surface area contributed by atoms with Crippen molar-refractivity contribution in [2.75, 3.05) is 11.3 Å². The Morgan fingerprint density at radius 1 is 1.69 bits per heavy atom. The summed E-state index contributed by atoms with van der Waals surface area (Å²) in [6.45, 7) is 4.36. The highest BCUT2D eigenvalue weighted by Crippen LogP contribution is 2.25. The molecule has 1 heterocycles. The van der Waals surface area contributed by atoms with Gasteiger partial charge in [-0.1, -0.05) is 15.9 Å². The molecule has 1 saturated heterocycles. The van der Waals surface area contributed by atoms with Crippen LogP contribution in [-0.2, 0) is 14.8 Å². The van der Waals surface area contributed by atoms with Crippen LogP contribution >= 0.6 is 15.9 Å². The molecule has 0 saturated carbocycles. The van der Waals surface area contributed by atoms with Gasteiger partial charge in [-0.25, -0.2) is 13.1 Å². The maximum Gasteiger partial charge on any atom is 0.222 e. The molecule has 0 spiro atoms. The highest BCUT2D eigenvalue weighted by atomic mass is 79.9. The van der Waals surface area contributed by atoms with Gasteiger partial charge in [-0.2, -0.15) is 0 Å². The van der Waals surface area contributed by atoms with Crippen molar-refractivity contribution in [1.82, 2.24) is 4.72 Å². The molecule has 1 fully saturated rings. The largest absolute Gasteiger partial charge is 0.376 e. The zero-order valence-corrected chi connectivity index (χ0v) is 10.1. The molecule has 0 amide bonds. The second-order valence-electron chi connectivity index (χ2n) is 3.51. The smallest absolute Gasteiger partial charge is 0.222 e. The van der Waals surface area contributed by atoms with Crippen LogP contribution in [0.5, 0.6) is 0 Å². The first-order valence-electron chi connectivity index (χ1n) is 4.09. The van der Waals surface area contributed by atoms with Crippen molar-refractivity contribution in [1.29, 1.82) is 0 Å². The number of nitrogens with one attached hydrogen (secondary N) is 1. The number of hydrogen-bond donors (Lipinski definition) is 1. The molecule has 78 valence electrons. The first kappa shape index (κ1) is 11.4. The summed E-state index contributed by atoms with van der Waals surface area (Å²) < 4.78 is 30.5. The van der Waals surface area contributed by atoms with Gasteiger partial charge in [0.1, 0.15) is 4.66 Å². The van der Waals surface area contributed by atoms with Crippen molar-refractivity contribution >= 4 is 26.0 Å². The summed E-state index contributed by atoms with van der Waals surface area (Å²) in [4.78, 5) is 0. The van der Waals surface area contributed by atoms with E-state index in [1.165, 1.54) is 0 Å². The van der Waals surface area contributed by atoms with Crippen LogP contribution in [0, 0.1) is 0 Å². The lowest BCUT2D eigenvalue weighted by Gasteiger charge is -2.27. The van der Waals surface area contributed by atoms with Gasteiger partial charge in [0.15, 0.2) is 0 Å². The number of halogens is 1. The van der Waals surface area contributed by atoms with E-state index in [0.29, 0.717) is 6.61 Å². The van der Waals surface area contributed by atoms with E-state index in [1.807, 2.05) is 13.8 Å². The van der Waals surface area contributed by atoms with Gasteiger partial charge in [0.2, 0.25) is 10.0 Å². The lowest BCUT2D eigenvalue weighted by molar-refractivity contribution is 0.0958. The quantitative estimate of drug-likeness (QED) is 0.774. The molecule has 1 aliphatic rings. The lowest BCUT2D eigenvalue weighted by Crippen LogP contribution is -2.50. The standard InChI is InChI=1S/C7H14BrNO3S/c1-6-7(2,3-4-12-6)9-13(10,11)5-8/h6,9H,3-5H2,1-2H3. The average molecular weight is 272 g/mol. The van der Waals surface area contributed by atoms with E-state index in [9.17, 15) is 8.42 Å². The zero-order chi connectivity index (χ0) is 10.1. The number of sulfonamides is 1. The second kappa shape index (κ2) is 3.84. The molecule has 2 unspecified atom stereocenters. The average Bonchev–Trinajstić information content (AvgIpc) is 2.31. The summed E-state index contributed by atoms with van der Waals surface area (Å²) in [5, 5.41) is 0. The molecule has 1 rings (SSSR count). The summed E-state index contributed by atoms with van der Waals surface area (Å²) in [5.41, 5.74) is -0.452. The predicted molar refractivity (Wildman–Crippen MR) is 54.3 cm³/mol. The molecule has 0 radical (unpaired) electrons. The SMILES string of the molecule is CC1OCCC1(C)NS(=O)(=O)CBr. The summed E-state index contributed by atoms with van der Waals surface area (Å²) >= 11 is 2.93. The Hall–Kier alpha value is 0.350. The highest BCUT2D eigenvalue weighted by molar-refractivity contribution is 9.10. The van der Waals surface area contributed by atoms with E-state index in [1.54, 1.807) is 0 Å². The Balaban J connectivity index is 2.72. The molecular formula is C7H14BrNO3S. The minimum absolute atomic E-state index is 0.0672. The van der Waals surface area contributed by atoms with Gasteiger partial charge in [0.25, 0.3) is 0 Å². The summed E-state index contributed by atoms with van der Waals surface area (Å²) in [6.07, 6.45) is 0.654. The van der Waals surface area contributed by atoms with Crippen molar-refractivity contribution in [3.63, 3.8) is 0 Å². The minimum atomic E-state index is -3.21. The normalized spacial score (nSPS) is 35.2.